The lowest BCUT2D eigenvalue weighted by Crippen LogP contribution is -2.65. The van der Waals surface area contributed by atoms with E-state index in [0.717, 1.165) is 51.3 Å². The Kier molecular flexibility index (Phi) is 4.80. The highest BCUT2D eigenvalue weighted by molar-refractivity contribution is 5.83. The molecule has 25 heavy (non-hydrogen) atoms. The van der Waals surface area contributed by atoms with Crippen LogP contribution in [-0.4, -0.2) is 78.6 Å². The first kappa shape index (κ1) is 17.0. The Hall–Kier alpha value is -1.43. The third kappa shape index (κ3) is 3.33. The molecule has 3 heterocycles. The standard InChI is InChI=1S/C20H29N3O2/c1-15(2)21-8-10-22(11-9-21)17-13-23(14-17)20(24)19-18-6-4-3-5-16(18)7-12-25-19/h3-6,15,17,19H,7-14H2,1-2H3. The van der Waals surface area contributed by atoms with Crippen molar-refractivity contribution in [1.82, 2.24) is 14.7 Å². The number of piperazine rings is 1. The van der Waals surface area contributed by atoms with Crippen LogP contribution in [0.4, 0.5) is 0 Å². The summed E-state index contributed by atoms with van der Waals surface area (Å²) in [6.45, 7) is 11.4. The van der Waals surface area contributed by atoms with Crippen LogP contribution in [0.3, 0.4) is 0 Å². The van der Waals surface area contributed by atoms with Crippen molar-refractivity contribution < 1.29 is 9.53 Å². The van der Waals surface area contributed by atoms with Gasteiger partial charge in [0.25, 0.3) is 5.91 Å². The third-order valence-corrected chi connectivity index (χ3v) is 5.99. The number of nitrogens with zero attached hydrogens (tertiary/aromatic N) is 3. The molecule has 0 spiro atoms. The first-order valence-electron chi connectivity index (χ1n) is 9.60. The smallest absolute Gasteiger partial charge is 0.256 e. The maximum Gasteiger partial charge on any atom is 0.256 e. The summed E-state index contributed by atoms with van der Waals surface area (Å²) in [6.07, 6.45) is 0.506. The molecule has 3 aliphatic rings. The monoisotopic (exact) mass is 343 g/mol. The van der Waals surface area contributed by atoms with Crippen molar-refractivity contribution in [3.05, 3.63) is 35.4 Å². The van der Waals surface area contributed by atoms with Crippen LogP contribution in [0.15, 0.2) is 24.3 Å². The lowest BCUT2D eigenvalue weighted by atomic mass is 9.95. The first-order chi connectivity index (χ1) is 12.1. The van der Waals surface area contributed by atoms with Gasteiger partial charge in [0, 0.05) is 51.4 Å². The third-order valence-electron chi connectivity index (χ3n) is 5.99. The predicted molar refractivity (Wildman–Crippen MR) is 97.5 cm³/mol. The Morgan fingerprint density at radius 3 is 2.56 bits per heavy atom. The number of fused-ring (bicyclic) bond motifs is 1. The number of carbonyl (C=O) groups excluding carboxylic acids is 1. The number of amides is 1. The maximum atomic E-state index is 12.9. The molecule has 0 N–H and O–H groups in total. The van der Waals surface area contributed by atoms with Gasteiger partial charge in [0.05, 0.1) is 6.61 Å². The second-order valence-corrected chi connectivity index (χ2v) is 7.76. The number of carbonyl (C=O) groups is 1. The van der Waals surface area contributed by atoms with E-state index in [4.69, 9.17) is 4.74 Å². The molecule has 1 unspecified atom stereocenters. The van der Waals surface area contributed by atoms with Gasteiger partial charge in [-0.3, -0.25) is 14.6 Å². The van der Waals surface area contributed by atoms with Crippen LogP contribution in [-0.2, 0) is 16.0 Å². The summed E-state index contributed by atoms with van der Waals surface area (Å²) in [7, 11) is 0. The number of hydrogen-bond acceptors (Lipinski definition) is 4. The molecule has 3 aliphatic heterocycles. The summed E-state index contributed by atoms with van der Waals surface area (Å²) >= 11 is 0. The minimum absolute atomic E-state index is 0.143. The van der Waals surface area contributed by atoms with Crippen LogP contribution in [0.25, 0.3) is 0 Å². The zero-order chi connectivity index (χ0) is 17.4. The van der Waals surface area contributed by atoms with E-state index in [1.54, 1.807) is 0 Å². The van der Waals surface area contributed by atoms with Gasteiger partial charge in [0.2, 0.25) is 0 Å². The van der Waals surface area contributed by atoms with Crippen molar-refractivity contribution >= 4 is 5.91 Å². The molecule has 2 fully saturated rings. The van der Waals surface area contributed by atoms with Crippen LogP contribution < -0.4 is 0 Å². The molecule has 5 nitrogen and oxygen atoms in total. The van der Waals surface area contributed by atoms with Crippen molar-refractivity contribution in [1.29, 1.82) is 0 Å². The maximum absolute atomic E-state index is 12.9. The lowest BCUT2D eigenvalue weighted by molar-refractivity contribution is -0.153. The van der Waals surface area contributed by atoms with E-state index in [0.29, 0.717) is 18.7 Å². The van der Waals surface area contributed by atoms with E-state index in [9.17, 15) is 4.79 Å². The molecule has 2 saturated heterocycles. The number of hydrogen-bond donors (Lipinski definition) is 0. The fraction of sp³-hybridized carbons (Fsp3) is 0.650. The normalized spacial score (nSPS) is 25.7. The molecule has 0 aliphatic carbocycles. The Morgan fingerprint density at radius 1 is 1.12 bits per heavy atom. The average molecular weight is 343 g/mol. The van der Waals surface area contributed by atoms with Gasteiger partial charge in [-0.15, -0.1) is 0 Å². The summed E-state index contributed by atoms with van der Waals surface area (Å²) in [5.41, 5.74) is 2.32. The highest BCUT2D eigenvalue weighted by atomic mass is 16.5. The molecule has 5 heteroatoms. The van der Waals surface area contributed by atoms with Crippen LogP contribution in [0.5, 0.6) is 0 Å². The Bertz CT molecular complexity index is 619. The van der Waals surface area contributed by atoms with Gasteiger partial charge in [-0.25, -0.2) is 0 Å². The first-order valence-corrected chi connectivity index (χ1v) is 9.60. The molecule has 0 radical (unpaired) electrons. The van der Waals surface area contributed by atoms with E-state index < -0.39 is 6.10 Å². The topological polar surface area (TPSA) is 36.0 Å². The Balaban J connectivity index is 1.32. The summed E-state index contributed by atoms with van der Waals surface area (Å²) in [5.74, 6) is 0.143. The van der Waals surface area contributed by atoms with Crippen molar-refractivity contribution in [2.24, 2.45) is 0 Å². The molecule has 0 bridgehead atoms. The molecule has 1 atom stereocenters. The largest absolute Gasteiger partial charge is 0.363 e. The van der Waals surface area contributed by atoms with Crippen LogP contribution >= 0.6 is 0 Å². The Morgan fingerprint density at radius 2 is 1.84 bits per heavy atom. The molecule has 1 amide bonds. The van der Waals surface area contributed by atoms with E-state index in [-0.39, 0.29) is 5.91 Å². The molecular weight excluding hydrogens is 314 g/mol. The molecule has 1 aromatic rings. The fourth-order valence-corrected chi connectivity index (χ4v) is 4.25. The number of benzene rings is 1. The quantitative estimate of drug-likeness (QED) is 0.834. The second kappa shape index (κ2) is 7.06. The summed E-state index contributed by atoms with van der Waals surface area (Å²) in [5, 5.41) is 0. The molecule has 1 aromatic carbocycles. The molecular formula is C20H29N3O2. The van der Waals surface area contributed by atoms with Crippen LogP contribution in [0.2, 0.25) is 0 Å². The van der Waals surface area contributed by atoms with Crippen LogP contribution in [0, 0.1) is 0 Å². The number of likely N-dealkylation sites (tertiary alicyclic amines) is 1. The van der Waals surface area contributed by atoms with Crippen molar-refractivity contribution in [2.75, 3.05) is 45.9 Å². The fourth-order valence-electron chi connectivity index (χ4n) is 4.25. The highest BCUT2D eigenvalue weighted by Gasteiger charge is 2.40. The summed E-state index contributed by atoms with van der Waals surface area (Å²) in [6, 6.07) is 9.36. The second-order valence-electron chi connectivity index (χ2n) is 7.76. The van der Waals surface area contributed by atoms with Gasteiger partial charge in [0.15, 0.2) is 6.10 Å². The van der Waals surface area contributed by atoms with E-state index >= 15 is 0 Å². The van der Waals surface area contributed by atoms with E-state index in [2.05, 4.69) is 29.7 Å². The van der Waals surface area contributed by atoms with Gasteiger partial charge < -0.3 is 9.64 Å². The van der Waals surface area contributed by atoms with Gasteiger partial charge in [-0.2, -0.15) is 0 Å². The number of rotatable bonds is 3. The molecule has 0 saturated carbocycles. The zero-order valence-corrected chi connectivity index (χ0v) is 15.4. The Labute approximate surface area is 150 Å². The van der Waals surface area contributed by atoms with E-state index in [1.165, 1.54) is 5.56 Å². The summed E-state index contributed by atoms with van der Waals surface area (Å²) in [4.78, 5) is 20.0. The molecule has 4 rings (SSSR count). The van der Waals surface area contributed by atoms with Gasteiger partial charge in [-0.05, 0) is 31.4 Å². The minimum atomic E-state index is -0.399. The van der Waals surface area contributed by atoms with Crippen molar-refractivity contribution in [2.45, 2.75) is 38.5 Å². The van der Waals surface area contributed by atoms with Gasteiger partial charge in [0.1, 0.15) is 0 Å². The molecule has 0 aromatic heterocycles. The van der Waals surface area contributed by atoms with Crippen LogP contribution in [0.1, 0.15) is 31.1 Å². The highest BCUT2D eigenvalue weighted by Crippen LogP contribution is 2.30. The number of ether oxygens (including phenoxy) is 1. The lowest BCUT2D eigenvalue weighted by Gasteiger charge is -2.49. The van der Waals surface area contributed by atoms with Gasteiger partial charge in [-0.1, -0.05) is 24.3 Å². The van der Waals surface area contributed by atoms with Crippen molar-refractivity contribution in [3.8, 4) is 0 Å². The van der Waals surface area contributed by atoms with E-state index in [1.807, 2.05) is 23.1 Å². The SMILES string of the molecule is CC(C)N1CCN(C2CN(C(=O)C3OCCc4ccccc43)C2)CC1. The average Bonchev–Trinajstić information content (AvgIpc) is 2.60. The minimum Gasteiger partial charge on any atom is -0.363 e. The van der Waals surface area contributed by atoms with Crippen molar-refractivity contribution in [3.63, 3.8) is 0 Å². The summed E-state index contributed by atoms with van der Waals surface area (Å²) < 4.78 is 5.83. The molecule has 136 valence electrons. The zero-order valence-electron chi connectivity index (χ0n) is 15.4. The predicted octanol–water partition coefficient (Wildman–Crippen LogP) is 1.54. The van der Waals surface area contributed by atoms with Gasteiger partial charge >= 0.3 is 0 Å².